The molecule has 0 unspecified atom stereocenters. The van der Waals surface area contributed by atoms with Crippen LogP contribution < -0.4 is 10.6 Å². The van der Waals surface area contributed by atoms with Gasteiger partial charge in [-0.2, -0.15) is 0 Å². The maximum Gasteiger partial charge on any atom is 0.0746 e. The fourth-order valence-corrected chi connectivity index (χ4v) is 2.64. The Morgan fingerprint density at radius 3 is 2.64 bits per heavy atom. The van der Waals surface area contributed by atoms with Gasteiger partial charge in [0.2, 0.25) is 0 Å². The van der Waals surface area contributed by atoms with Gasteiger partial charge in [0.25, 0.3) is 0 Å². The fraction of sp³-hybridized carbons (Fsp3) is 0.526. The van der Waals surface area contributed by atoms with Gasteiger partial charge in [-0.3, -0.25) is 4.98 Å². The van der Waals surface area contributed by atoms with Crippen LogP contribution in [0.25, 0.3) is 10.9 Å². The van der Waals surface area contributed by atoms with Crippen molar-refractivity contribution in [1.82, 2.24) is 15.6 Å². The summed E-state index contributed by atoms with van der Waals surface area (Å²) in [4.78, 5) is 4.51. The van der Waals surface area contributed by atoms with E-state index < -0.39 is 0 Å². The Hall–Kier alpha value is -1.45. The second-order valence-electron chi connectivity index (χ2n) is 6.79. The predicted molar refractivity (Wildman–Crippen MR) is 95.0 cm³/mol. The van der Waals surface area contributed by atoms with Crippen molar-refractivity contribution in [3.63, 3.8) is 0 Å². The molecule has 0 aliphatic rings. The molecule has 0 saturated heterocycles. The van der Waals surface area contributed by atoms with E-state index in [0.29, 0.717) is 0 Å². The topological polar surface area (TPSA) is 37.0 Å². The third kappa shape index (κ3) is 5.08. The molecule has 0 fully saturated rings. The van der Waals surface area contributed by atoms with Crippen LogP contribution in [-0.2, 0) is 6.54 Å². The zero-order chi connectivity index (χ0) is 15.8. The van der Waals surface area contributed by atoms with Crippen LogP contribution in [0.15, 0.2) is 36.5 Å². The normalized spacial score (nSPS) is 12.0. The number of nitrogens with one attached hydrogen (secondary N) is 2. The van der Waals surface area contributed by atoms with E-state index in [0.717, 1.165) is 31.7 Å². The van der Waals surface area contributed by atoms with E-state index in [4.69, 9.17) is 0 Å². The third-order valence-electron chi connectivity index (χ3n) is 3.95. The molecular weight excluding hydrogens is 270 g/mol. The summed E-state index contributed by atoms with van der Waals surface area (Å²) in [7, 11) is 0. The first-order chi connectivity index (χ1) is 10.6. The summed E-state index contributed by atoms with van der Waals surface area (Å²) < 4.78 is 0. The summed E-state index contributed by atoms with van der Waals surface area (Å²) in [5, 5.41) is 8.36. The molecule has 0 atom stereocenters. The van der Waals surface area contributed by atoms with E-state index in [-0.39, 0.29) is 5.41 Å². The highest BCUT2D eigenvalue weighted by molar-refractivity contribution is 5.81. The summed E-state index contributed by atoms with van der Waals surface area (Å²) in [6, 6.07) is 10.5. The Bertz CT molecular complexity index is 572. The van der Waals surface area contributed by atoms with Gasteiger partial charge in [-0.05, 0) is 30.0 Å². The Labute approximate surface area is 134 Å². The quantitative estimate of drug-likeness (QED) is 0.693. The van der Waals surface area contributed by atoms with Crippen LogP contribution in [0.1, 0.15) is 39.2 Å². The Morgan fingerprint density at radius 2 is 1.82 bits per heavy atom. The van der Waals surface area contributed by atoms with Gasteiger partial charge >= 0.3 is 0 Å². The van der Waals surface area contributed by atoms with Crippen LogP contribution in [-0.4, -0.2) is 24.6 Å². The van der Waals surface area contributed by atoms with E-state index in [9.17, 15) is 0 Å². The monoisotopic (exact) mass is 299 g/mol. The lowest BCUT2D eigenvalue weighted by molar-refractivity contribution is 0.319. The van der Waals surface area contributed by atoms with Crippen molar-refractivity contribution in [3.05, 3.63) is 42.1 Å². The van der Waals surface area contributed by atoms with Crippen LogP contribution in [0.2, 0.25) is 0 Å². The molecule has 0 aliphatic heterocycles. The Morgan fingerprint density at radius 1 is 1.05 bits per heavy atom. The van der Waals surface area contributed by atoms with Crippen molar-refractivity contribution in [2.24, 2.45) is 5.41 Å². The summed E-state index contributed by atoms with van der Waals surface area (Å²) in [6.45, 7) is 10.9. The predicted octanol–water partition coefficient (Wildman–Crippen LogP) is 3.74. The van der Waals surface area contributed by atoms with Gasteiger partial charge in [-0.15, -0.1) is 0 Å². The zero-order valence-electron chi connectivity index (χ0n) is 14.2. The minimum Gasteiger partial charge on any atom is -0.316 e. The molecule has 1 aromatic carbocycles. The molecule has 0 amide bonds. The number of aromatic nitrogens is 1. The van der Waals surface area contributed by atoms with Crippen LogP contribution in [0.5, 0.6) is 0 Å². The molecule has 22 heavy (non-hydrogen) atoms. The fourth-order valence-electron chi connectivity index (χ4n) is 2.64. The molecule has 1 aromatic heterocycles. The van der Waals surface area contributed by atoms with E-state index in [1.54, 1.807) is 0 Å². The number of fused-ring (bicyclic) bond motifs is 1. The van der Waals surface area contributed by atoms with E-state index in [1.165, 1.54) is 23.8 Å². The van der Waals surface area contributed by atoms with Crippen molar-refractivity contribution in [2.45, 2.75) is 40.2 Å². The van der Waals surface area contributed by atoms with E-state index >= 15 is 0 Å². The SMILES string of the molecule is CCCCNCC(C)(C)CNCc1cccc2cccnc12. The van der Waals surface area contributed by atoms with Crippen LogP contribution in [0, 0.1) is 5.41 Å². The lowest BCUT2D eigenvalue weighted by Gasteiger charge is -2.25. The first-order valence-electron chi connectivity index (χ1n) is 8.36. The molecule has 1 heterocycles. The first-order valence-corrected chi connectivity index (χ1v) is 8.36. The first kappa shape index (κ1) is 16.9. The number of pyridine rings is 1. The second kappa shape index (κ2) is 8.25. The van der Waals surface area contributed by atoms with Crippen molar-refractivity contribution >= 4 is 10.9 Å². The van der Waals surface area contributed by atoms with Crippen molar-refractivity contribution in [2.75, 3.05) is 19.6 Å². The maximum atomic E-state index is 4.51. The minimum atomic E-state index is 0.256. The Balaban J connectivity index is 1.84. The highest BCUT2D eigenvalue weighted by Crippen LogP contribution is 2.17. The van der Waals surface area contributed by atoms with Crippen molar-refractivity contribution in [1.29, 1.82) is 0 Å². The highest BCUT2D eigenvalue weighted by Gasteiger charge is 2.16. The lowest BCUT2D eigenvalue weighted by atomic mass is 9.93. The molecule has 0 radical (unpaired) electrons. The molecule has 0 aliphatic carbocycles. The molecule has 3 heteroatoms. The van der Waals surface area contributed by atoms with Crippen LogP contribution in [0.3, 0.4) is 0 Å². The highest BCUT2D eigenvalue weighted by atomic mass is 14.9. The molecule has 2 rings (SSSR count). The number of benzene rings is 1. The minimum absolute atomic E-state index is 0.256. The van der Waals surface area contributed by atoms with Gasteiger partial charge in [0, 0.05) is 31.2 Å². The van der Waals surface area contributed by atoms with Crippen molar-refractivity contribution in [3.8, 4) is 0 Å². The second-order valence-corrected chi connectivity index (χ2v) is 6.79. The van der Waals surface area contributed by atoms with Gasteiger partial charge in [0.05, 0.1) is 5.52 Å². The van der Waals surface area contributed by atoms with Crippen LogP contribution >= 0.6 is 0 Å². The van der Waals surface area contributed by atoms with E-state index in [2.05, 4.69) is 60.7 Å². The molecule has 2 N–H and O–H groups in total. The smallest absolute Gasteiger partial charge is 0.0746 e. The molecule has 2 aromatic rings. The molecule has 0 spiro atoms. The lowest BCUT2D eigenvalue weighted by Crippen LogP contribution is -2.38. The molecular formula is C19H29N3. The van der Waals surface area contributed by atoms with Gasteiger partial charge in [-0.1, -0.05) is 51.5 Å². The Kier molecular flexibility index (Phi) is 6.34. The standard InChI is InChI=1S/C19H29N3/c1-4-5-11-20-14-19(2,3)15-21-13-17-9-6-8-16-10-7-12-22-18(16)17/h6-10,12,20-21H,4-5,11,13-15H2,1-3H3. The number of hydrogen-bond donors (Lipinski definition) is 2. The summed E-state index contributed by atoms with van der Waals surface area (Å²) in [6.07, 6.45) is 4.37. The number of hydrogen-bond acceptors (Lipinski definition) is 3. The van der Waals surface area contributed by atoms with Gasteiger partial charge in [0.15, 0.2) is 0 Å². The zero-order valence-corrected chi connectivity index (χ0v) is 14.2. The number of nitrogens with zero attached hydrogens (tertiary/aromatic N) is 1. The molecule has 0 bridgehead atoms. The van der Waals surface area contributed by atoms with Gasteiger partial charge < -0.3 is 10.6 Å². The van der Waals surface area contributed by atoms with E-state index in [1.807, 2.05) is 12.3 Å². The van der Waals surface area contributed by atoms with Gasteiger partial charge in [0.1, 0.15) is 0 Å². The average molecular weight is 299 g/mol. The summed E-state index contributed by atoms with van der Waals surface area (Å²) >= 11 is 0. The van der Waals surface area contributed by atoms with Gasteiger partial charge in [-0.25, -0.2) is 0 Å². The van der Waals surface area contributed by atoms with Crippen LogP contribution in [0.4, 0.5) is 0 Å². The summed E-state index contributed by atoms with van der Waals surface area (Å²) in [5.74, 6) is 0. The largest absolute Gasteiger partial charge is 0.316 e. The third-order valence-corrected chi connectivity index (χ3v) is 3.95. The molecule has 0 saturated carbocycles. The average Bonchev–Trinajstić information content (AvgIpc) is 2.52. The molecule has 120 valence electrons. The summed E-state index contributed by atoms with van der Waals surface area (Å²) in [5.41, 5.74) is 2.63. The number of rotatable bonds is 9. The maximum absolute atomic E-state index is 4.51. The number of para-hydroxylation sites is 1. The molecule has 3 nitrogen and oxygen atoms in total. The van der Waals surface area contributed by atoms with Crippen molar-refractivity contribution < 1.29 is 0 Å². The number of unbranched alkanes of at least 4 members (excludes halogenated alkanes) is 1.